The number of carboxylic acids is 1. The molecule has 20 heavy (non-hydrogen) atoms. The molecule has 1 aliphatic rings. The molecule has 1 atom stereocenters. The van der Waals surface area contributed by atoms with Crippen LogP contribution in [0.4, 0.5) is 0 Å². The van der Waals surface area contributed by atoms with E-state index in [0.717, 1.165) is 0 Å². The zero-order chi connectivity index (χ0) is 15.1. The van der Waals surface area contributed by atoms with E-state index < -0.39 is 16.4 Å². The van der Waals surface area contributed by atoms with Crippen molar-refractivity contribution in [1.29, 1.82) is 0 Å². The fourth-order valence-electron chi connectivity index (χ4n) is 2.03. The fourth-order valence-corrected chi connectivity index (χ4v) is 3.32. The summed E-state index contributed by atoms with van der Waals surface area (Å²) >= 11 is 1.19. The van der Waals surface area contributed by atoms with Crippen molar-refractivity contribution in [2.24, 2.45) is 9.98 Å². The van der Waals surface area contributed by atoms with E-state index in [1.807, 2.05) is 0 Å². The Bertz CT molecular complexity index is 627. The van der Waals surface area contributed by atoms with Crippen molar-refractivity contribution in [2.45, 2.75) is 24.3 Å². The highest BCUT2D eigenvalue weighted by Crippen LogP contribution is 2.48. The monoisotopic (exact) mass is 294 g/mol. The van der Waals surface area contributed by atoms with Gasteiger partial charge in [-0.25, -0.2) is 9.79 Å². The Kier molecular flexibility index (Phi) is 3.25. The number of thioether (sulfide) groups is 1. The fraction of sp³-hybridized carbons (Fsp3) is 0.308. The zero-order valence-electron chi connectivity index (χ0n) is 11.0. The average molecular weight is 294 g/mol. The first-order valence-corrected chi connectivity index (χ1v) is 6.57. The first kappa shape index (κ1) is 14.4. The third-order valence-electron chi connectivity index (χ3n) is 3.19. The molecule has 0 aliphatic carbocycles. The number of benzene rings is 1. The van der Waals surface area contributed by atoms with Gasteiger partial charge in [0.2, 0.25) is 0 Å². The lowest BCUT2D eigenvalue weighted by atomic mass is 9.96. The molecule has 1 aromatic rings. The number of carbonyl (C=O) groups is 1. The van der Waals surface area contributed by atoms with Crippen LogP contribution in [0.5, 0.6) is 11.5 Å². The van der Waals surface area contributed by atoms with E-state index in [4.69, 9.17) is 0 Å². The molecule has 0 aromatic heterocycles. The third-order valence-corrected chi connectivity index (χ3v) is 4.49. The summed E-state index contributed by atoms with van der Waals surface area (Å²) in [7, 11) is 0. The van der Waals surface area contributed by atoms with Gasteiger partial charge >= 0.3 is 5.97 Å². The topological polar surface area (TPSA) is 102 Å². The van der Waals surface area contributed by atoms with Gasteiger partial charge in [-0.3, -0.25) is 4.99 Å². The van der Waals surface area contributed by atoms with Crippen LogP contribution in [-0.2, 0) is 4.79 Å². The maximum Gasteiger partial charge on any atom is 0.355 e. The summed E-state index contributed by atoms with van der Waals surface area (Å²) in [4.78, 5) is 19.4. The highest BCUT2D eigenvalue weighted by molar-refractivity contribution is 8.16. The van der Waals surface area contributed by atoms with Gasteiger partial charge in [-0.1, -0.05) is 11.8 Å². The van der Waals surface area contributed by atoms with E-state index in [1.54, 1.807) is 13.8 Å². The van der Waals surface area contributed by atoms with Crippen molar-refractivity contribution in [3.63, 3.8) is 0 Å². The maximum atomic E-state index is 11.5. The number of hydrogen-bond donors (Lipinski definition) is 3. The third kappa shape index (κ3) is 1.94. The van der Waals surface area contributed by atoms with Crippen molar-refractivity contribution < 1.29 is 20.1 Å². The van der Waals surface area contributed by atoms with Crippen molar-refractivity contribution >= 4 is 29.5 Å². The summed E-state index contributed by atoms with van der Waals surface area (Å²) in [6.07, 6.45) is 0. The van der Waals surface area contributed by atoms with Crippen LogP contribution in [0.1, 0.15) is 19.4 Å². The number of aromatic hydroxyl groups is 2. The Labute approximate surface area is 119 Å². The molecule has 0 amide bonds. The number of rotatable bonds is 3. The van der Waals surface area contributed by atoms with Crippen LogP contribution in [0.3, 0.4) is 0 Å². The molecule has 6 nitrogen and oxygen atoms in total. The van der Waals surface area contributed by atoms with Crippen molar-refractivity contribution in [1.82, 2.24) is 0 Å². The molecule has 1 aliphatic heterocycles. The van der Waals surface area contributed by atoms with Crippen LogP contribution in [0.15, 0.2) is 28.2 Å². The van der Waals surface area contributed by atoms with Crippen molar-refractivity contribution in [2.75, 3.05) is 0 Å². The van der Waals surface area contributed by atoms with Gasteiger partial charge in [-0.15, -0.1) is 0 Å². The lowest BCUT2D eigenvalue weighted by Crippen LogP contribution is -2.48. The van der Waals surface area contributed by atoms with Crippen molar-refractivity contribution in [3.8, 4) is 11.5 Å². The number of phenols is 2. The number of phenolic OH excluding ortho intramolecular Hbond substituents is 2. The molecule has 0 fully saturated rings. The minimum atomic E-state index is -1.70. The van der Waals surface area contributed by atoms with E-state index >= 15 is 0 Å². The number of aliphatic carboxylic acids is 1. The van der Waals surface area contributed by atoms with Crippen LogP contribution in [-0.4, -0.2) is 43.5 Å². The van der Waals surface area contributed by atoms with Gasteiger partial charge in [-0.05, 0) is 32.7 Å². The standard InChI is InChI=1S/C13H14N2O4S/c1-12(2)13(14-3,11(18)19)15-10(20-12)8-5-4-7(16)6-9(8)17/h4-6,16-17H,3H2,1-2H3,(H,18,19)/t13-/m0/s1. The zero-order valence-corrected chi connectivity index (χ0v) is 11.8. The van der Waals surface area contributed by atoms with Crippen LogP contribution >= 0.6 is 11.8 Å². The molecular weight excluding hydrogens is 280 g/mol. The lowest BCUT2D eigenvalue weighted by Gasteiger charge is -2.30. The highest BCUT2D eigenvalue weighted by atomic mass is 32.2. The number of carboxylic acid groups (broad SMARTS) is 1. The molecule has 106 valence electrons. The highest BCUT2D eigenvalue weighted by Gasteiger charge is 2.57. The molecule has 2 rings (SSSR count). The molecule has 1 aromatic carbocycles. The Morgan fingerprint density at radius 1 is 1.40 bits per heavy atom. The van der Waals surface area contributed by atoms with Gasteiger partial charge in [0.25, 0.3) is 5.66 Å². The Morgan fingerprint density at radius 3 is 2.50 bits per heavy atom. The first-order chi connectivity index (χ1) is 9.23. The van der Waals surface area contributed by atoms with E-state index in [2.05, 4.69) is 16.7 Å². The van der Waals surface area contributed by atoms with Crippen LogP contribution in [0.25, 0.3) is 0 Å². The van der Waals surface area contributed by atoms with Gasteiger partial charge in [0.15, 0.2) is 0 Å². The summed E-state index contributed by atoms with van der Waals surface area (Å²) in [6.45, 7) is 6.75. The summed E-state index contributed by atoms with van der Waals surface area (Å²) in [6, 6.07) is 4.05. The number of hydrogen-bond acceptors (Lipinski definition) is 6. The minimum Gasteiger partial charge on any atom is -0.508 e. The predicted molar refractivity (Wildman–Crippen MR) is 77.9 cm³/mol. The molecule has 0 saturated carbocycles. The molecular formula is C13H14N2O4S. The molecule has 0 unspecified atom stereocenters. The second-order valence-corrected chi connectivity index (χ2v) is 6.48. The minimum absolute atomic E-state index is 0.0829. The molecule has 7 heteroatoms. The summed E-state index contributed by atoms with van der Waals surface area (Å²) < 4.78 is -0.847. The molecule has 0 bridgehead atoms. The van der Waals surface area contributed by atoms with Crippen LogP contribution < -0.4 is 0 Å². The van der Waals surface area contributed by atoms with Gasteiger partial charge in [0, 0.05) is 11.6 Å². The average Bonchev–Trinajstić information content (AvgIpc) is 2.61. The number of nitrogens with zero attached hydrogens (tertiary/aromatic N) is 2. The molecule has 0 saturated heterocycles. The molecule has 3 N–H and O–H groups in total. The summed E-state index contributed by atoms with van der Waals surface area (Å²) in [5.74, 6) is -1.45. The predicted octanol–water partition coefficient (Wildman–Crippen LogP) is 1.85. The van der Waals surface area contributed by atoms with E-state index in [0.29, 0.717) is 10.6 Å². The van der Waals surface area contributed by atoms with E-state index in [-0.39, 0.29) is 11.5 Å². The van der Waals surface area contributed by atoms with Crippen molar-refractivity contribution in [3.05, 3.63) is 23.8 Å². The second-order valence-electron chi connectivity index (χ2n) is 4.87. The normalized spacial score (nSPS) is 24.2. The Hall–Kier alpha value is -2.02. The SMILES string of the molecule is C=N[C@@]1(C(=O)O)N=C(c2ccc(O)cc2O)SC1(C)C. The first-order valence-electron chi connectivity index (χ1n) is 5.76. The largest absolute Gasteiger partial charge is 0.508 e. The number of aliphatic imine (C=N–C) groups is 2. The Morgan fingerprint density at radius 2 is 2.05 bits per heavy atom. The quantitative estimate of drug-likeness (QED) is 0.738. The second kappa shape index (κ2) is 4.52. The van der Waals surface area contributed by atoms with E-state index in [9.17, 15) is 20.1 Å². The molecule has 1 heterocycles. The lowest BCUT2D eigenvalue weighted by molar-refractivity contribution is -0.143. The smallest absolute Gasteiger partial charge is 0.355 e. The van der Waals surface area contributed by atoms with Gasteiger partial charge in [-0.2, -0.15) is 0 Å². The van der Waals surface area contributed by atoms with Gasteiger partial charge in [0.05, 0.1) is 4.75 Å². The molecule has 0 radical (unpaired) electrons. The maximum absolute atomic E-state index is 11.5. The van der Waals surface area contributed by atoms with Gasteiger partial charge < -0.3 is 15.3 Å². The summed E-state index contributed by atoms with van der Waals surface area (Å²) in [5.41, 5.74) is -1.34. The van der Waals surface area contributed by atoms with Crippen LogP contribution in [0.2, 0.25) is 0 Å². The Balaban J connectivity index is 2.58. The molecule has 0 spiro atoms. The summed E-state index contributed by atoms with van der Waals surface area (Å²) in [5, 5.41) is 28.9. The van der Waals surface area contributed by atoms with Crippen LogP contribution in [0, 0.1) is 0 Å². The van der Waals surface area contributed by atoms with Gasteiger partial charge in [0.1, 0.15) is 16.5 Å². The van der Waals surface area contributed by atoms with E-state index in [1.165, 1.54) is 30.0 Å².